The van der Waals surface area contributed by atoms with E-state index in [1.165, 1.54) is 4.31 Å². The fraction of sp³-hybridized carbons (Fsp3) is 0.565. The average molecular weight is 462 g/mol. The molecular weight excluding hydrogens is 430 g/mol. The molecule has 9 heteroatoms. The SMILES string of the molecule is Cc1cc(C)cc(C2=CCNC(C(=O)[C@@H]3[C@@H](C(=O)NO)CC4(CC4)CN3S(C)(=O)=O)C2)c1. The number of rotatable bonds is 5. The highest BCUT2D eigenvalue weighted by Crippen LogP contribution is 2.55. The summed E-state index contributed by atoms with van der Waals surface area (Å²) in [5.41, 5.74) is 5.72. The summed E-state index contributed by atoms with van der Waals surface area (Å²) >= 11 is 0. The molecule has 1 aliphatic carbocycles. The number of piperidine rings is 1. The van der Waals surface area contributed by atoms with Crippen molar-refractivity contribution in [2.24, 2.45) is 11.3 Å². The van der Waals surface area contributed by atoms with E-state index in [-0.39, 0.29) is 17.7 Å². The summed E-state index contributed by atoms with van der Waals surface area (Å²) in [6.07, 6.45) is 5.57. The summed E-state index contributed by atoms with van der Waals surface area (Å²) in [6.45, 7) is 4.77. The second-order valence-electron chi connectivity index (χ2n) is 9.71. The van der Waals surface area contributed by atoms with Gasteiger partial charge < -0.3 is 5.32 Å². The quantitative estimate of drug-likeness (QED) is 0.453. The van der Waals surface area contributed by atoms with E-state index in [1.54, 1.807) is 5.48 Å². The molecule has 3 atom stereocenters. The summed E-state index contributed by atoms with van der Waals surface area (Å²) in [5.74, 6) is -1.95. The Kier molecular flexibility index (Phi) is 6.04. The van der Waals surface area contributed by atoms with Crippen LogP contribution in [0.2, 0.25) is 0 Å². The molecule has 0 bridgehead atoms. The zero-order chi connectivity index (χ0) is 23.3. The Hall–Kier alpha value is -2.07. The van der Waals surface area contributed by atoms with Gasteiger partial charge in [-0.2, -0.15) is 4.31 Å². The Morgan fingerprint density at radius 1 is 1.19 bits per heavy atom. The fourth-order valence-electron chi connectivity index (χ4n) is 5.30. The molecule has 2 fully saturated rings. The third kappa shape index (κ3) is 4.52. The number of hydrogen-bond acceptors (Lipinski definition) is 6. The molecule has 3 aliphatic rings. The maximum absolute atomic E-state index is 13.7. The first-order chi connectivity index (χ1) is 15.0. The number of ketones is 1. The number of hydrogen-bond donors (Lipinski definition) is 3. The molecule has 1 amide bonds. The summed E-state index contributed by atoms with van der Waals surface area (Å²) in [7, 11) is -3.73. The van der Waals surface area contributed by atoms with Gasteiger partial charge in [-0.1, -0.05) is 35.4 Å². The molecule has 32 heavy (non-hydrogen) atoms. The highest BCUT2D eigenvalue weighted by atomic mass is 32.2. The van der Waals surface area contributed by atoms with Crippen molar-refractivity contribution < 1.29 is 23.2 Å². The molecule has 4 rings (SSSR count). The fourth-order valence-corrected chi connectivity index (χ4v) is 6.47. The number of nitrogens with one attached hydrogen (secondary N) is 2. The highest BCUT2D eigenvalue weighted by molar-refractivity contribution is 7.88. The van der Waals surface area contributed by atoms with Crippen molar-refractivity contribution in [1.29, 1.82) is 0 Å². The summed E-state index contributed by atoms with van der Waals surface area (Å²) < 4.78 is 26.5. The summed E-state index contributed by atoms with van der Waals surface area (Å²) in [5, 5.41) is 12.5. The van der Waals surface area contributed by atoms with Crippen LogP contribution < -0.4 is 10.8 Å². The Bertz CT molecular complexity index is 1060. The molecule has 1 aromatic rings. The van der Waals surface area contributed by atoms with Crippen LogP contribution in [0.3, 0.4) is 0 Å². The lowest BCUT2D eigenvalue weighted by Crippen LogP contribution is -2.62. The van der Waals surface area contributed by atoms with E-state index in [0.29, 0.717) is 19.4 Å². The van der Waals surface area contributed by atoms with E-state index in [9.17, 15) is 23.2 Å². The second-order valence-corrected chi connectivity index (χ2v) is 11.6. The number of aryl methyl sites for hydroxylation is 2. The Morgan fingerprint density at radius 2 is 1.84 bits per heavy atom. The van der Waals surface area contributed by atoms with Crippen LogP contribution in [0.25, 0.3) is 5.57 Å². The van der Waals surface area contributed by atoms with Gasteiger partial charge in [0.05, 0.1) is 24.3 Å². The van der Waals surface area contributed by atoms with Crippen LogP contribution >= 0.6 is 0 Å². The van der Waals surface area contributed by atoms with Gasteiger partial charge in [0, 0.05) is 13.1 Å². The molecule has 1 unspecified atom stereocenters. The molecule has 8 nitrogen and oxygen atoms in total. The molecular formula is C23H31N3O5S. The minimum atomic E-state index is -3.73. The lowest BCUT2D eigenvalue weighted by Gasteiger charge is -2.43. The standard InChI is InChI=1S/C23H31N3O5S/c1-14-8-15(2)10-17(9-14)16-4-7-24-19(11-16)21(27)20-18(22(28)25-29)12-23(5-6-23)13-26(20)32(3,30)31/h4,8-10,18-20,24,29H,5-7,11-13H2,1-3H3,(H,25,28)/t18-,19?,20-/m0/s1. The number of hydroxylamine groups is 1. The Labute approximate surface area is 189 Å². The van der Waals surface area contributed by atoms with Crippen molar-refractivity contribution >= 4 is 27.3 Å². The smallest absolute Gasteiger partial charge is 0.248 e. The van der Waals surface area contributed by atoms with Crippen molar-refractivity contribution in [2.45, 2.75) is 51.6 Å². The third-order valence-electron chi connectivity index (χ3n) is 7.03. The number of Topliss-reactive ketones (excluding diaryl/α,β-unsaturated/α-hetero) is 1. The first kappa shape index (κ1) is 23.1. The van der Waals surface area contributed by atoms with Gasteiger partial charge in [-0.3, -0.25) is 14.8 Å². The van der Waals surface area contributed by atoms with Crippen molar-refractivity contribution in [3.8, 4) is 0 Å². The molecule has 1 saturated carbocycles. The number of carbonyl (C=O) groups excluding carboxylic acids is 2. The lowest BCUT2D eigenvalue weighted by atomic mass is 9.77. The van der Waals surface area contributed by atoms with E-state index in [2.05, 4.69) is 23.5 Å². The maximum Gasteiger partial charge on any atom is 0.248 e. The number of benzene rings is 1. The van der Waals surface area contributed by atoms with Gasteiger partial charge in [0.1, 0.15) is 0 Å². The van der Waals surface area contributed by atoms with E-state index in [4.69, 9.17) is 0 Å². The van der Waals surface area contributed by atoms with E-state index < -0.39 is 33.9 Å². The largest absolute Gasteiger partial charge is 0.304 e. The Morgan fingerprint density at radius 3 is 2.41 bits per heavy atom. The summed E-state index contributed by atoms with van der Waals surface area (Å²) in [6, 6.07) is 4.49. The van der Waals surface area contributed by atoms with Crippen LogP contribution in [-0.4, -0.2) is 61.0 Å². The van der Waals surface area contributed by atoms with Gasteiger partial charge in [-0.15, -0.1) is 0 Å². The predicted octanol–water partition coefficient (Wildman–Crippen LogP) is 1.55. The third-order valence-corrected chi connectivity index (χ3v) is 8.24. The molecule has 0 aromatic heterocycles. The van der Waals surface area contributed by atoms with E-state index in [0.717, 1.165) is 41.4 Å². The van der Waals surface area contributed by atoms with Gasteiger partial charge in [0.25, 0.3) is 0 Å². The Balaban J connectivity index is 1.64. The molecule has 3 N–H and O–H groups in total. The molecule has 1 aromatic carbocycles. The minimum Gasteiger partial charge on any atom is -0.304 e. The number of carbonyl (C=O) groups is 2. The van der Waals surface area contributed by atoms with Crippen molar-refractivity contribution in [1.82, 2.24) is 15.1 Å². The molecule has 2 aliphatic heterocycles. The molecule has 2 heterocycles. The van der Waals surface area contributed by atoms with Gasteiger partial charge in [0.15, 0.2) is 5.78 Å². The van der Waals surface area contributed by atoms with Crippen molar-refractivity contribution in [3.05, 3.63) is 41.0 Å². The van der Waals surface area contributed by atoms with Gasteiger partial charge in [0.2, 0.25) is 15.9 Å². The average Bonchev–Trinajstić information content (AvgIpc) is 3.49. The monoisotopic (exact) mass is 461 g/mol. The normalized spacial score (nSPS) is 27.6. The first-order valence-corrected chi connectivity index (χ1v) is 12.8. The predicted molar refractivity (Wildman–Crippen MR) is 120 cm³/mol. The number of sulfonamides is 1. The minimum absolute atomic E-state index is 0.240. The molecule has 174 valence electrons. The molecule has 0 radical (unpaired) electrons. The highest BCUT2D eigenvalue weighted by Gasteiger charge is 2.58. The zero-order valence-corrected chi connectivity index (χ0v) is 19.5. The van der Waals surface area contributed by atoms with Crippen LogP contribution in [0, 0.1) is 25.2 Å². The van der Waals surface area contributed by atoms with Gasteiger partial charge >= 0.3 is 0 Å². The topological polar surface area (TPSA) is 116 Å². The zero-order valence-electron chi connectivity index (χ0n) is 18.7. The second kappa shape index (κ2) is 8.37. The van der Waals surface area contributed by atoms with Crippen LogP contribution in [0.5, 0.6) is 0 Å². The van der Waals surface area contributed by atoms with Gasteiger partial charge in [-0.25, -0.2) is 13.9 Å². The van der Waals surface area contributed by atoms with Crippen LogP contribution in [-0.2, 0) is 19.6 Å². The van der Waals surface area contributed by atoms with E-state index in [1.807, 2.05) is 19.9 Å². The van der Waals surface area contributed by atoms with Gasteiger partial charge in [-0.05, 0) is 56.1 Å². The number of nitrogens with zero attached hydrogens (tertiary/aromatic N) is 1. The van der Waals surface area contributed by atoms with Crippen LogP contribution in [0.4, 0.5) is 0 Å². The molecule has 1 spiro atoms. The van der Waals surface area contributed by atoms with Crippen molar-refractivity contribution in [2.75, 3.05) is 19.3 Å². The van der Waals surface area contributed by atoms with E-state index >= 15 is 0 Å². The number of amides is 1. The first-order valence-electron chi connectivity index (χ1n) is 11.0. The van der Waals surface area contributed by atoms with Crippen LogP contribution in [0.15, 0.2) is 24.3 Å². The van der Waals surface area contributed by atoms with Crippen molar-refractivity contribution in [3.63, 3.8) is 0 Å². The summed E-state index contributed by atoms with van der Waals surface area (Å²) in [4.78, 5) is 26.3. The lowest BCUT2D eigenvalue weighted by molar-refractivity contribution is -0.143. The van der Waals surface area contributed by atoms with Crippen LogP contribution in [0.1, 0.15) is 42.4 Å². The molecule has 1 saturated heterocycles. The maximum atomic E-state index is 13.7.